The molecule has 35 heavy (non-hydrogen) atoms. The largest absolute Gasteiger partial charge is 0.496 e. The molecule has 0 unspecified atom stereocenters. The topological polar surface area (TPSA) is 66.8 Å². The molecule has 5 rings (SSSR count). The van der Waals surface area contributed by atoms with Crippen molar-refractivity contribution < 1.29 is 28.2 Å². The van der Waals surface area contributed by atoms with Gasteiger partial charge in [0.25, 0.3) is 0 Å². The summed E-state index contributed by atoms with van der Waals surface area (Å²) < 4.78 is 33.9. The van der Waals surface area contributed by atoms with Gasteiger partial charge < -0.3 is 14.7 Å². The van der Waals surface area contributed by atoms with Gasteiger partial charge >= 0.3 is 5.97 Å². The van der Waals surface area contributed by atoms with Crippen molar-refractivity contribution in [2.45, 2.75) is 31.7 Å². The minimum absolute atomic E-state index is 0.000582. The molecule has 0 bridgehead atoms. The average molecular weight is 478 g/mol. The monoisotopic (exact) mass is 477 g/mol. The Balaban J connectivity index is 1.45. The van der Waals surface area contributed by atoms with E-state index in [1.165, 1.54) is 25.3 Å². The zero-order valence-corrected chi connectivity index (χ0v) is 19.3. The number of benzene rings is 3. The van der Waals surface area contributed by atoms with Gasteiger partial charge in [0.15, 0.2) is 0 Å². The number of carbonyl (C=O) groups is 2. The fourth-order valence-corrected chi connectivity index (χ4v) is 5.13. The van der Waals surface area contributed by atoms with Gasteiger partial charge in [-0.25, -0.2) is 8.78 Å². The van der Waals surface area contributed by atoms with Crippen molar-refractivity contribution >= 4 is 11.9 Å². The van der Waals surface area contributed by atoms with Crippen LogP contribution in [-0.4, -0.2) is 35.5 Å². The zero-order chi connectivity index (χ0) is 24.7. The van der Waals surface area contributed by atoms with E-state index in [4.69, 9.17) is 4.74 Å². The quantitative estimate of drug-likeness (QED) is 0.545. The number of ether oxygens (including phenoxy) is 1. The lowest BCUT2D eigenvalue weighted by atomic mass is 9.89. The van der Waals surface area contributed by atoms with Crippen molar-refractivity contribution in [1.29, 1.82) is 0 Å². The predicted octanol–water partition coefficient (Wildman–Crippen LogP) is 4.96. The van der Waals surface area contributed by atoms with Gasteiger partial charge in [-0.05, 0) is 76.9 Å². The van der Waals surface area contributed by atoms with Crippen molar-refractivity contribution in [2.24, 2.45) is 5.92 Å². The molecule has 0 radical (unpaired) electrons. The summed E-state index contributed by atoms with van der Waals surface area (Å²) in [4.78, 5) is 26.3. The predicted molar refractivity (Wildman–Crippen MR) is 126 cm³/mol. The van der Waals surface area contributed by atoms with Crippen LogP contribution in [0.5, 0.6) is 5.75 Å². The molecule has 0 aromatic heterocycles. The highest BCUT2D eigenvalue weighted by molar-refractivity contribution is 5.84. The summed E-state index contributed by atoms with van der Waals surface area (Å²) in [7, 11) is 1.53. The Morgan fingerprint density at radius 1 is 1.06 bits per heavy atom. The number of hydrogen-bond acceptors (Lipinski definition) is 3. The highest BCUT2D eigenvalue weighted by Gasteiger charge is 2.46. The Morgan fingerprint density at radius 3 is 2.63 bits per heavy atom. The first-order chi connectivity index (χ1) is 16.9. The van der Waals surface area contributed by atoms with E-state index in [1.54, 1.807) is 35.2 Å². The first-order valence-corrected chi connectivity index (χ1v) is 11.6. The third-order valence-electron chi connectivity index (χ3n) is 6.96. The molecule has 5 nitrogen and oxygen atoms in total. The molecule has 1 saturated carbocycles. The smallest absolute Gasteiger partial charge is 0.307 e. The normalized spacial score (nSPS) is 18.7. The number of hydrogen-bond donors (Lipinski definition) is 1. The third kappa shape index (κ3) is 4.50. The number of amides is 1. The van der Waals surface area contributed by atoms with Crippen LogP contribution in [0.3, 0.4) is 0 Å². The van der Waals surface area contributed by atoms with Crippen molar-refractivity contribution in [1.82, 2.24) is 4.90 Å². The Bertz CT molecular complexity index is 1320. The number of carboxylic acid groups (broad SMARTS) is 1. The Kier molecular flexibility index (Phi) is 6.01. The highest BCUT2D eigenvalue weighted by Crippen LogP contribution is 2.49. The van der Waals surface area contributed by atoms with E-state index in [0.29, 0.717) is 47.4 Å². The van der Waals surface area contributed by atoms with Crippen LogP contribution in [0.25, 0.3) is 11.1 Å². The second-order valence-electron chi connectivity index (χ2n) is 9.17. The minimum atomic E-state index is -0.948. The molecule has 1 aliphatic heterocycles. The van der Waals surface area contributed by atoms with Crippen LogP contribution in [0.2, 0.25) is 0 Å². The maximum absolute atomic E-state index is 14.8. The van der Waals surface area contributed by atoms with Crippen molar-refractivity contribution in [3.8, 4) is 16.9 Å². The van der Waals surface area contributed by atoms with E-state index in [0.717, 1.165) is 11.1 Å². The fraction of sp³-hybridized carbons (Fsp3) is 0.286. The van der Waals surface area contributed by atoms with Gasteiger partial charge in [-0.2, -0.15) is 0 Å². The number of halogens is 2. The van der Waals surface area contributed by atoms with E-state index < -0.39 is 5.97 Å². The van der Waals surface area contributed by atoms with Gasteiger partial charge in [-0.3, -0.25) is 9.59 Å². The maximum atomic E-state index is 14.8. The number of rotatable bonds is 6. The van der Waals surface area contributed by atoms with E-state index in [1.807, 2.05) is 6.07 Å². The second-order valence-corrected chi connectivity index (χ2v) is 9.17. The molecule has 3 aromatic rings. The van der Waals surface area contributed by atoms with Gasteiger partial charge in [0.1, 0.15) is 17.4 Å². The lowest BCUT2D eigenvalue weighted by Crippen LogP contribution is -2.37. The molecular formula is C28H25F2NO4. The van der Waals surface area contributed by atoms with Crippen molar-refractivity contribution in [2.75, 3.05) is 13.7 Å². The van der Waals surface area contributed by atoms with Crippen LogP contribution in [-0.2, 0) is 29.0 Å². The number of fused-ring (bicyclic) bond motifs is 1. The molecule has 3 aromatic carbocycles. The number of aliphatic carboxylic acids is 1. The van der Waals surface area contributed by atoms with Crippen molar-refractivity contribution in [3.05, 3.63) is 88.5 Å². The summed E-state index contributed by atoms with van der Waals surface area (Å²) in [5.41, 5.74) is 4.09. The first-order valence-electron chi connectivity index (χ1n) is 11.6. The average Bonchev–Trinajstić information content (AvgIpc) is 3.64. The number of methoxy groups -OCH3 is 1. The number of nitrogens with zero attached hydrogens (tertiary/aromatic N) is 1. The van der Waals surface area contributed by atoms with E-state index in [-0.39, 0.29) is 42.3 Å². The van der Waals surface area contributed by atoms with Crippen LogP contribution in [0, 0.1) is 17.6 Å². The molecule has 0 spiro atoms. The molecule has 1 amide bonds. The van der Waals surface area contributed by atoms with E-state index in [2.05, 4.69) is 0 Å². The minimum Gasteiger partial charge on any atom is -0.496 e. The van der Waals surface area contributed by atoms with Crippen LogP contribution >= 0.6 is 0 Å². The van der Waals surface area contributed by atoms with Crippen LogP contribution in [0.15, 0.2) is 54.6 Å². The van der Waals surface area contributed by atoms with Gasteiger partial charge in [-0.15, -0.1) is 0 Å². The second kappa shape index (κ2) is 9.13. The molecular weight excluding hydrogens is 452 g/mol. The Hall–Kier alpha value is -3.74. The van der Waals surface area contributed by atoms with Crippen molar-refractivity contribution in [3.63, 3.8) is 0 Å². The van der Waals surface area contributed by atoms with Gasteiger partial charge in [-0.1, -0.05) is 24.3 Å². The summed E-state index contributed by atoms with van der Waals surface area (Å²) in [5.74, 6) is -1.25. The van der Waals surface area contributed by atoms with Gasteiger partial charge in [0.2, 0.25) is 5.91 Å². The maximum Gasteiger partial charge on any atom is 0.307 e. The van der Waals surface area contributed by atoms with Crippen LogP contribution in [0.4, 0.5) is 8.78 Å². The van der Waals surface area contributed by atoms with E-state index >= 15 is 0 Å². The molecule has 0 saturated heterocycles. The highest BCUT2D eigenvalue weighted by atomic mass is 19.1. The molecule has 2 aliphatic rings. The lowest BCUT2D eigenvalue weighted by molar-refractivity contribution is -0.136. The lowest BCUT2D eigenvalue weighted by Gasteiger charge is -2.31. The summed E-state index contributed by atoms with van der Waals surface area (Å²) in [6, 6.07) is 14.6. The Labute approximate surface area is 202 Å². The van der Waals surface area contributed by atoms with Gasteiger partial charge in [0.05, 0.1) is 13.5 Å². The zero-order valence-electron chi connectivity index (χ0n) is 19.3. The number of carbonyl (C=O) groups excluding carboxylic acids is 1. The van der Waals surface area contributed by atoms with Crippen LogP contribution in [0.1, 0.15) is 34.6 Å². The standard InChI is InChI=1S/C28H25F2NO4/c1-35-26-8-5-16(12-27(32)33)11-22(26)19-6-7-25(30)20-9-10-31(15-24(19)20)28(34)23-14-21(23)17-3-2-4-18(29)13-17/h2-8,11,13,21,23H,9-10,12,14-15H2,1H3,(H,32,33)/t21-,23+/m0/s1. The molecule has 1 fully saturated rings. The third-order valence-corrected chi connectivity index (χ3v) is 6.96. The molecule has 180 valence electrons. The summed E-state index contributed by atoms with van der Waals surface area (Å²) in [6.07, 6.45) is 0.913. The van der Waals surface area contributed by atoms with E-state index in [9.17, 15) is 23.5 Å². The summed E-state index contributed by atoms with van der Waals surface area (Å²) in [5, 5.41) is 9.21. The first kappa shape index (κ1) is 23.0. The molecule has 1 heterocycles. The molecule has 1 aliphatic carbocycles. The van der Waals surface area contributed by atoms with Crippen LogP contribution < -0.4 is 4.74 Å². The van der Waals surface area contributed by atoms with Gasteiger partial charge in [0, 0.05) is 24.6 Å². The number of carboxylic acids is 1. The summed E-state index contributed by atoms with van der Waals surface area (Å²) >= 11 is 0. The molecule has 1 N–H and O–H groups in total. The molecule has 2 atom stereocenters. The SMILES string of the molecule is COc1ccc(CC(=O)O)cc1-c1ccc(F)c2c1CN(C(=O)[C@@H]1C[C@H]1c1cccc(F)c1)CC2. The fourth-order valence-electron chi connectivity index (χ4n) is 5.13. The summed E-state index contributed by atoms with van der Waals surface area (Å²) in [6.45, 7) is 0.661. The molecule has 7 heteroatoms. The Morgan fingerprint density at radius 2 is 1.89 bits per heavy atom.